The van der Waals surface area contributed by atoms with Crippen molar-refractivity contribution in [3.05, 3.63) is 29.3 Å². The predicted molar refractivity (Wildman–Crippen MR) is 65.6 cm³/mol. The van der Waals surface area contributed by atoms with Gasteiger partial charge in [0.05, 0.1) is 6.10 Å². The second-order valence-corrected chi connectivity index (χ2v) is 5.81. The highest BCUT2D eigenvalue weighted by molar-refractivity contribution is 8.00. The van der Waals surface area contributed by atoms with Crippen LogP contribution in [0.5, 0.6) is 0 Å². The lowest BCUT2D eigenvalue weighted by Gasteiger charge is -2.24. The van der Waals surface area contributed by atoms with E-state index < -0.39 is 0 Å². The van der Waals surface area contributed by atoms with E-state index in [2.05, 4.69) is 12.1 Å². The van der Waals surface area contributed by atoms with Crippen LogP contribution >= 0.6 is 23.4 Å². The Balaban J connectivity index is 1.89. The molecule has 0 unspecified atom stereocenters. The van der Waals surface area contributed by atoms with Crippen molar-refractivity contribution in [2.24, 2.45) is 0 Å². The van der Waals surface area contributed by atoms with Crippen LogP contribution < -0.4 is 0 Å². The van der Waals surface area contributed by atoms with Gasteiger partial charge in [0.25, 0.3) is 0 Å². The Morgan fingerprint density at radius 3 is 2.27 bits per heavy atom. The Labute approximate surface area is 99.8 Å². The number of thioether (sulfide) groups is 1. The van der Waals surface area contributed by atoms with Crippen LogP contribution in [0.1, 0.15) is 25.7 Å². The molecule has 2 rings (SSSR count). The molecule has 1 N–H and O–H groups in total. The van der Waals surface area contributed by atoms with E-state index in [1.807, 2.05) is 23.9 Å². The van der Waals surface area contributed by atoms with Gasteiger partial charge < -0.3 is 5.11 Å². The fourth-order valence-electron chi connectivity index (χ4n) is 1.87. The highest BCUT2D eigenvalue weighted by Crippen LogP contribution is 2.33. The summed E-state index contributed by atoms with van der Waals surface area (Å²) in [5, 5.41) is 10.9. The summed E-state index contributed by atoms with van der Waals surface area (Å²) in [6.07, 6.45) is 4.08. The molecular formula is C12H15ClOS. The van der Waals surface area contributed by atoms with Crippen molar-refractivity contribution in [1.29, 1.82) is 0 Å². The molecule has 0 heterocycles. The number of hydrogen-bond donors (Lipinski definition) is 1. The average Bonchev–Trinajstić information content (AvgIpc) is 2.25. The van der Waals surface area contributed by atoms with Gasteiger partial charge in [-0.05, 0) is 49.9 Å². The molecule has 1 aromatic carbocycles. The number of hydrogen-bond acceptors (Lipinski definition) is 2. The first-order valence-corrected chi connectivity index (χ1v) is 6.60. The molecule has 0 saturated heterocycles. The van der Waals surface area contributed by atoms with Crippen LogP contribution in [0.15, 0.2) is 29.2 Å². The van der Waals surface area contributed by atoms with Crippen LogP contribution in [0.4, 0.5) is 0 Å². The van der Waals surface area contributed by atoms with Crippen molar-refractivity contribution in [2.45, 2.75) is 41.9 Å². The first kappa shape index (κ1) is 11.3. The van der Waals surface area contributed by atoms with Crippen LogP contribution in [0.3, 0.4) is 0 Å². The molecule has 15 heavy (non-hydrogen) atoms. The van der Waals surface area contributed by atoms with Gasteiger partial charge in [0, 0.05) is 15.2 Å². The minimum absolute atomic E-state index is 0.0629. The molecule has 82 valence electrons. The summed E-state index contributed by atoms with van der Waals surface area (Å²) >= 11 is 7.74. The van der Waals surface area contributed by atoms with E-state index in [1.54, 1.807) is 0 Å². The van der Waals surface area contributed by atoms with Gasteiger partial charge in [-0.25, -0.2) is 0 Å². The Kier molecular flexibility index (Phi) is 3.95. The third-order valence-electron chi connectivity index (χ3n) is 2.76. The van der Waals surface area contributed by atoms with Gasteiger partial charge in [-0.15, -0.1) is 11.8 Å². The molecule has 0 amide bonds. The largest absolute Gasteiger partial charge is 0.393 e. The van der Waals surface area contributed by atoms with Crippen LogP contribution in [0.2, 0.25) is 5.02 Å². The van der Waals surface area contributed by atoms with Crippen molar-refractivity contribution in [3.8, 4) is 0 Å². The Hall–Kier alpha value is -0.180. The van der Waals surface area contributed by atoms with E-state index in [1.165, 1.54) is 4.90 Å². The number of halogens is 1. The van der Waals surface area contributed by atoms with Crippen LogP contribution in [-0.2, 0) is 0 Å². The second-order valence-electron chi connectivity index (χ2n) is 4.00. The molecule has 1 saturated carbocycles. The third-order valence-corrected chi connectivity index (χ3v) is 4.36. The Morgan fingerprint density at radius 1 is 1.07 bits per heavy atom. The number of aliphatic hydroxyl groups is 1. The van der Waals surface area contributed by atoms with E-state index in [-0.39, 0.29) is 6.10 Å². The molecule has 1 aromatic rings. The molecule has 0 atom stereocenters. The summed E-state index contributed by atoms with van der Waals surface area (Å²) in [6.45, 7) is 0. The lowest BCUT2D eigenvalue weighted by molar-refractivity contribution is 0.132. The Morgan fingerprint density at radius 2 is 1.67 bits per heavy atom. The van der Waals surface area contributed by atoms with E-state index >= 15 is 0 Å². The third kappa shape index (κ3) is 3.40. The van der Waals surface area contributed by atoms with E-state index in [0.717, 1.165) is 30.7 Å². The number of benzene rings is 1. The fourth-order valence-corrected chi connectivity index (χ4v) is 3.18. The van der Waals surface area contributed by atoms with Gasteiger partial charge in [0.15, 0.2) is 0 Å². The molecule has 0 aromatic heterocycles. The molecule has 3 heteroatoms. The Bertz CT molecular complexity index is 304. The molecule has 0 aliphatic heterocycles. The van der Waals surface area contributed by atoms with Crippen LogP contribution in [0, 0.1) is 0 Å². The maximum atomic E-state index is 9.40. The van der Waals surface area contributed by atoms with Crippen molar-refractivity contribution in [3.63, 3.8) is 0 Å². The smallest absolute Gasteiger partial charge is 0.0541 e. The van der Waals surface area contributed by atoms with E-state index in [0.29, 0.717) is 5.25 Å². The van der Waals surface area contributed by atoms with E-state index in [9.17, 15) is 5.11 Å². The minimum Gasteiger partial charge on any atom is -0.393 e. The lowest BCUT2D eigenvalue weighted by atomic mass is 9.97. The summed E-state index contributed by atoms with van der Waals surface area (Å²) in [6, 6.07) is 8.00. The normalized spacial score (nSPS) is 26.5. The minimum atomic E-state index is -0.0629. The summed E-state index contributed by atoms with van der Waals surface area (Å²) in [5.41, 5.74) is 0. The standard InChI is InChI=1S/C12H15ClOS/c13-9-1-5-11(6-2-9)15-12-7-3-10(14)4-8-12/h1-2,5-6,10,12,14H,3-4,7-8H2. The molecular weight excluding hydrogens is 228 g/mol. The monoisotopic (exact) mass is 242 g/mol. The molecule has 1 aliphatic carbocycles. The molecule has 0 bridgehead atoms. The molecule has 0 spiro atoms. The lowest BCUT2D eigenvalue weighted by Crippen LogP contribution is -2.19. The zero-order valence-corrected chi connectivity index (χ0v) is 10.1. The molecule has 1 nitrogen and oxygen atoms in total. The maximum Gasteiger partial charge on any atom is 0.0541 e. The highest BCUT2D eigenvalue weighted by atomic mass is 35.5. The fraction of sp³-hybridized carbons (Fsp3) is 0.500. The second kappa shape index (κ2) is 5.24. The summed E-state index contributed by atoms with van der Waals surface area (Å²) in [7, 11) is 0. The molecule has 1 aliphatic rings. The first-order valence-electron chi connectivity index (χ1n) is 5.34. The summed E-state index contributed by atoms with van der Waals surface area (Å²) in [5.74, 6) is 0. The molecule has 1 fully saturated rings. The van der Waals surface area contributed by atoms with Crippen molar-refractivity contribution >= 4 is 23.4 Å². The maximum absolute atomic E-state index is 9.40. The van der Waals surface area contributed by atoms with Gasteiger partial charge in [0.2, 0.25) is 0 Å². The number of aliphatic hydroxyl groups excluding tert-OH is 1. The zero-order valence-electron chi connectivity index (χ0n) is 8.53. The predicted octanol–water partition coefficient (Wildman–Crippen LogP) is 3.74. The highest BCUT2D eigenvalue weighted by Gasteiger charge is 2.19. The van der Waals surface area contributed by atoms with Gasteiger partial charge in [-0.1, -0.05) is 11.6 Å². The van der Waals surface area contributed by atoms with Crippen molar-refractivity contribution in [2.75, 3.05) is 0 Å². The van der Waals surface area contributed by atoms with E-state index in [4.69, 9.17) is 11.6 Å². The van der Waals surface area contributed by atoms with Crippen molar-refractivity contribution in [1.82, 2.24) is 0 Å². The number of rotatable bonds is 2. The molecule has 0 radical (unpaired) electrons. The quantitative estimate of drug-likeness (QED) is 0.853. The first-order chi connectivity index (χ1) is 7.24. The van der Waals surface area contributed by atoms with Crippen LogP contribution in [-0.4, -0.2) is 16.5 Å². The van der Waals surface area contributed by atoms with Gasteiger partial charge in [-0.3, -0.25) is 0 Å². The summed E-state index contributed by atoms with van der Waals surface area (Å²) in [4.78, 5) is 1.28. The zero-order chi connectivity index (χ0) is 10.7. The average molecular weight is 243 g/mol. The topological polar surface area (TPSA) is 20.2 Å². The van der Waals surface area contributed by atoms with Gasteiger partial charge in [0.1, 0.15) is 0 Å². The van der Waals surface area contributed by atoms with Crippen LogP contribution in [0.25, 0.3) is 0 Å². The van der Waals surface area contributed by atoms with Gasteiger partial charge in [-0.2, -0.15) is 0 Å². The van der Waals surface area contributed by atoms with Gasteiger partial charge >= 0.3 is 0 Å². The SMILES string of the molecule is OC1CCC(Sc2ccc(Cl)cc2)CC1. The van der Waals surface area contributed by atoms with Crippen molar-refractivity contribution < 1.29 is 5.11 Å². The summed E-state index contributed by atoms with van der Waals surface area (Å²) < 4.78 is 0.